The third kappa shape index (κ3) is 4.34. The molecule has 0 radical (unpaired) electrons. The molecule has 0 aliphatic carbocycles. The molecule has 132 valence electrons. The zero-order chi connectivity index (χ0) is 18.5. The van der Waals surface area contributed by atoms with Crippen LogP contribution in [0.2, 0.25) is 0 Å². The Kier molecular flexibility index (Phi) is 5.43. The lowest BCUT2D eigenvalue weighted by Gasteiger charge is -2.18. The summed E-state index contributed by atoms with van der Waals surface area (Å²) in [5.74, 6) is 0.0515. The summed E-state index contributed by atoms with van der Waals surface area (Å²) in [7, 11) is 0. The van der Waals surface area contributed by atoms with Crippen LogP contribution in [-0.2, 0) is 0 Å². The molecule has 1 atom stereocenters. The molecule has 1 aromatic heterocycles. The van der Waals surface area contributed by atoms with Crippen LogP contribution in [-0.4, -0.2) is 10.7 Å². The van der Waals surface area contributed by atoms with Crippen molar-refractivity contribution in [1.29, 1.82) is 0 Å². The third-order valence-corrected chi connectivity index (χ3v) is 4.83. The zero-order valence-corrected chi connectivity index (χ0v) is 15.0. The maximum absolute atomic E-state index is 12.7. The number of anilines is 1. The average molecular weight is 366 g/mol. The molecule has 2 aromatic carbocycles. The maximum atomic E-state index is 12.7. The van der Waals surface area contributed by atoms with E-state index in [0.29, 0.717) is 12.0 Å². The highest BCUT2D eigenvalue weighted by molar-refractivity contribution is 7.08. The second-order valence-corrected chi connectivity index (χ2v) is 6.83. The number of nitro groups is 1. The summed E-state index contributed by atoms with van der Waals surface area (Å²) < 4.78 is 0. The number of Topliss-reactive ketones (excluding diaryl/α,β-unsaturated/α-hetero) is 1. The maximum Gasteiger partial charge on any atom is 0.269 e. The Morgan fingerprint density at radius 2 is 1.81 bits per heavy atom. The fourth-order valence-electron chi connectivity index (χ4n) is 2.65. The number of thiophene rings is 1. The second-order valence-electron chi connectivity index (χ2n) is 6.05. The van der Waals surface area contributed by atoms with Gasteiger partial charge in [0.1, 0.15) is 0 Å². The van der Waals surface area contributed by atoms with E-state index < -0.39 is 4.92 Å². The van der Waals surface area contributed by atoms with E-state index in [2.05, 4.69) is 5.32 Å². The number of nitro benzene ring substituents is 1. The highest BCUT2D eigenvalue weighted by Gasteiger charge is 2.18. The van der Waals surface area contributed by atoms with Crippen molar-refractivity contribution in [2.45, 2.75) is 19.4 Å². The van der Waals surface area contributed by atoms with Gasteiger partial charge in [0.05, 0.1) is 11.0 Å². The van der Waals surface area contributed by atoms with Gasteiger partial charge in [-0.05, 0) is 41.4 Å². The molecular formula is C20H18N2O3S. The van der Waals surface area contributed by atoms with Gasteiger partial charge < -0.3 is 5.32 Å². The van der Waals surface area contributed by atoms with E-state index in [-0.39, 0.29) is 17.5 Å². The predicted octanol–water partition coefficient (Wildman–Crippen LogP) is 5.39. The zero-order valence-electron chi connectivity index (χ0n) is 14.2. The number of carbonyl (C=O) groups excluding carboxylic acids is 1. The van der Waals surface area contributed by atoms with Crippen LogP contribution in [0, 0.1) is 17.0 Å². The quantitative estimate of drug-likeness (QED) is 0.346. The van der Waals surface area contributed by atoms with E-state index in [1.807, 2.05) is 48.0 Å². The standard InChI is InChI=1S/C20H18N2O3S/c1-14-2-4-15(5-3-14)20(23)12-19(16-10-11-26-13-16)21-17-6-8-18(9-7-17)22(24)25/h2-11,13,19,21H,12H2,1H3. The van der Waals surface area contributed by atoms with Crippen molar-refractivity contribution in [3.8, 4) is 0 Å². The highest BCUT2D eigenvalue weighted by atomic mass is 32.1. The number of hydrogen-bond donors (Lipinski definition) is 1. The van der Waals surface area contributed by atoms with Crippen LogP contribution in [0.25, 0.3) is 0 Å². The van der Waals surface area contributed by atoms with E-state index in [9.17, 15) is 14.9 Å². The predicted molar refractivity (Wildman–Crippen MR) is 104 cm³/mol. The van der Waals surface area contributed by atoms with Crippen molar-refractivity contribution in [2.75, 3.05) is 5.32 Å². The minimum absolute atomic E-state index is 0.0402. The van der Waals surface area contributed by atoms with Crippen molar-refractivity contribution in [2.24, 2.45) is 0 Å². The molecule has 0 aliphatic rings. The topological polar surface area (TPSA) is 72.2 Å². The number of carbonyl (C=O) groups is 1. The van der Waals surface area contributed by atoms with Crippen molar-refractivity contribution in [3.05, 3.63) is 92.2 Å². The van der Waals surface area contributed by atoms with Gasteiger partial charge in [-0.3, -0.25) is 14.9 Å². The van der Waals surface area contributed by atoms with Crippen molar-refractivity contribution in [1.82, 2.24) is 0 Å². The van der Waals surface area contributed by atoms with Crippen LogP contribution >= 0.6 is 11.3 Å². The van der Waals surface area contributed by atoms with Gasteiger partial charge in [-0.25, -0.2) is 0 Å². The van der Waals surface area contributed by atoms with E-state index in [1.54, 1.807) is 23.5 Å². The van der Waals surface area contributed by atoms with Gasteiger partial charge in [0.2, 0.25) is 0 Å². The number of benzene rings is 2. The minimum Gasteiger partial charge on any atom is -0.378 e. The Labute approximate surface area is 155 Å². The molecule has 1 N–H and O–H groups in total. The lowest BCUT2D eigenvalue weighted by molar-refractivity contribution is -0.384. The number of aryl methyl sites for hydroxylation is 1. The van der Waals surface area contributed by atoms with Crippen LogP contribution in [0.5, 0.6) is 0 Å². The van der Waals surface area contributed by atoms with Crippen LogP contribution in [0.3, 0.4) is 0 Å². The fraction of sp³-hybridized carbons (Fsp3) is 0.150. The lowest BCUT2D eigenvalue weighted by Crippen LogP contribution is -2.15. The Bertz CT molecular complexity index is 888. The Morgan fingerprint density at radius 3 is 2.38 bits per heavy atom. The highest BCUT2D eigenvalue weighted by Crippen LogP contribution is 2.27. The molecule has 0 bridgehead atoms. The first kappa shape index (κ1) is 17.8. The van der Waals surface area contributed by atoms with Gasteiger partial charge in [-0.2, -0.15) is 11.3 Å². The van der Waals surface area contributed by atoms with E-state index >= 15 is 0 Å². The fourth-order valence-corrected chi connectivity index (χ4v) is 3.36. The molecule has 5 nitrogen and oxygen atoms in total. The van der Waals surface area contributed by atoms with Gasteiger partial charge in [0.25, 0.3) is 5.69 Å². The molecule has 0 fully saturated rings. The summed E-state index contributed by atoms with van der Waals surface area (Å²) in [6, 6.07) is 15.5. The smallest absolute Gasteiger partial charge is 0.269 e. The van der Waals surface area contributed by atoms with Crippen molar-refractivity contribution < 1.29 is 9.72 Å². The molecule has 0 amide bonds. The van der Waals surface area contributed by atoms with E-state index in [0.717, 1.165) is 16.8 Å². The molecule has 1 unspecified atom stereocenters. The average Bonchev–Trinajstić information content (AvgIpc) is 3.16. The minimum atomic E-state index is -0.430. The SMILES string of the molecule is Cc1ccc(C(=O)CC(Nc2ccc([N+](=O)[O-])cc2)c2ccsc2)cc1. The number of nitrogens with one attached hydrogen (secondary N) is 1. The monoisotopic (exact) mass is 366 g/mol. The third-order valence-electron chi connectivity index (χ3n) is 4.13. The van der Waals surface area contributed by atoms with Gasteiger partial charge in [-0.15, -0.1) is 0 Å². The molecular weight excluding hydrogens is 348 g/mol. The van der Waals surface area contributed by atoms with E-state index in [1.165, 1.54) is 12.1 Å². The van der Waals surface area contributed by atoms with Crippen molar-refractivity contribution in [3.63, 3.8) is 0 Å². The number of nitrogens with zero attached hydrogens (tertiary/aromatic N) is 1. The van der Waals surface area contributed by atoms with Gasteiger partial charge in [0.15, 0.2) is 5.78 Å². The second kappa shape index (κ2) is 7.93. The first-order valence-electron chi connectivity index (χ1n) is 8.16. The Balaban J connectivity index is 1.78. The van der Waals surface area contributed by atoms with Gasteiger partial charge >= 0.3 is 0 Å². The molecule has 1 heterocycles. The molecule has 0 aliphatic heterocycles. The first-order chi connectivity index (χ1) is 12.5. The van der Waals surface area contributed by atoms with Crippen LogP contribution in [0.15, 0.2) is 65.4 Å². The molecule has 3 aromatic rings. The molecule has 0 spiro atoms. The number of rotatable bonds is 7. The van der Waals surface area contributed by atoms with Crippen molar-refractivity contribution >= 4 is 28.5 Å². The molecule has 0 saturated carbocycles. The molecule has 0 saturated heterocycles. The van der Waals surface area contributed by atoms with Gasteiger partial charge in [-0.1, -0.05) is 29.8 Å². The summed E-state index contributed by atoms with van der Waals surface area (Å²) in [5, 5.41) is 18.1. The largest absolute Gasteiger partial charge is 0.378 e. The van der Waals surface area contributed by atoms with Crippen LogP contribution in [0.4, 0.5) is 11.4 Å². The summed E-state index contributed by atoms with van der Waals surface area (Å²) in [6.45, 7) is 1.98. The summed E-state index contributed by atoms with van der Waals surface area (Å²) in [4.78, 5) is 23.0. The number of non-ortho nitro benzene ring substituents is 1. The summed E-state index contributed by atoms with van der Waals surface area (Å²) in [6.07, 6.45) is 0.302. The lowest BCUT2D eigenvalue weighted by atomic mass is 9.99. The summed E-state index contributed by atoms with van der Waals surface area (Å²) in [5.41, 5.74) is 3.59. The Hall–Kier alpha value is -2.99. The summed E-state index contributed by atoms with van der Waals surface area (Å²) >= 11 is 1.57. The van der Waals surface area contributed by atoms with Crippen LogP contribution in [0.1, 0.15) is 33.9 Å². The molecule has 3 rings (SSSR count). The normalized spacial score (nSPS) is 11.7. The number of ketones is 1. The van der Waals surface area contributed by atoms with Crippen LogP contribution < -0.4 is 5.32 Å². The van der Waals surface area contributed by atoms with Gasteiger partial charge in [0, 0.05) is 29.8 Å². The first-order valence-corrected chi connectivity index (χ1v) is 9.10. The molecule has 26 heavy (non-hydrogen) atoms. The molecule has 6 heteroatoms. The Morgan fingerprint density at radius 1 is 1.12 bits per heavy atom. The number of hydrogen-bond acceptors (Lipinski definition) is 5. The van der Waals surface area contributed by atoms with E-state index in [4.69, 9.17) is 0 Å².